The minimum absolute atomic E-state index is 0.0446. The molecule has 0 aliphatic rings. The van der Waals surface area contributed by atoms with Crippen molar-refractivity contribution < 1.29 is 4.79 Å². The summed E-state index contributed by atoms with van der Waals surface area (Å²) in [6.07, 6.45) is 2.26. The minimum Gasteiger partial charge on any atom is -0.357 e. The number of rotatable bonds is 8. The van der Waals surface area contributed by atoms with E-state index in [4.69, 9.17) is 0 Å². The smallest absolute Gasteiger partial charge is 0.227 e. The molecule has 0 saturated carbocycles. The first kappa shape index (κ1) is 17.7. The van der Waals surface area contributed by atoms with E-state index in [9.17, 15) is 4.79 Å². The van der Waals surface area contributed by atoms with Crippen LogP contribution < -0.4 is 16.0 Å². The topological polar surface area (TPSA) is 65.5 Å². The van der Waals surface area contributed by atoms with Crippen LogP contribution >= 0.6 is 0 Å². The summed E-state index contributed by atoms with van der Waals surface area (Å²) >= 11 is 0. The van der Waals surface area contributed by atoms with E-state index in [0.29, 0.717) is 13.1 Å². The van der Waals surface area contributed by atoms with Crippen molar-refractivity contribution in [2.45, 2.75) is 47.5 Å². The summed E-state index contributed by atoms with van der Waals surface area (Å²) < 4.78 is 0. The van der Waals surface area contributed by atoms with Gasteiger partial charge in [-0.2, -0.15) is 0 Å². The second-order valence-electron chi connectivity index (χ2n) is 5.22. The largest absolute Gasteiger partial charge is 0.357 e. The predicted molar refractivity (Wildman–Crippen MR) is 81.4 cm³/mol. The second-order valence-corrected chi connectivity index (χ2v) is 5.22. The van der Waals surface area contributed by atoms with Crippen molar-refractivity contribution in [3.05, 3.63) is 0 Å². The lowest BCUT2D eigenvalue weighted by molar-refractivity contribution is -0.128. The van der Waals surface area contributed by atoms with Crippen molar-refractivity contribution in [1.82, 2.24) is 16.0 Å². The Morgan fingerprint density at radius 2 is 1.68 bits per heavy atom. The standard InChI is InChI=1S/C14H30N4O/c1-6-9-10-17-13(16-8-3)18-11-14(4,5)12(19)15-7-2/h6-11H2,1-5H3,(H,15,19)(H2,16,17,18). The van der Waals surface area contributed by atoms with Crippen molar-refractivity contribution >= 4 is 11.9 Å². The number of carbonyl (C=O) groups is 1. The molecule has 19 heavy (non-hydrogen) atoms. The van der Waals surface area contributed by atoms with Crippen molar-refractivity contribution in [2.75, 3.05) is 26.2 Å². The summed E-state index contributed by atoms with van der Waals surface area (Å²) in [6.45, 7) is 12.8. The van der Waals surface area contributed by atoms with Gasteiger partial charge in [0.05, 0.1) is 12.0 Å². The Hall–Kier alpha value is -1.26. The molecule has 1 amide bonds. The molecule has 0 aliphatic heterocycles. The monoisotopic (exact) mass is 270 g/mol. The molecular formula is C14H30N4O. The van der Waals surface area contributed by atoms with E-state index >= 15 is 0 Å². The average Bonchev–Trinajstić information content (AvgIpc) is 2.36. The molecule has 0 aromatic heterocycles. The lowest BCUT2D eigenvalue weighted by Crippen LogP contribution is -2.42. The number of hydrogen-bond acceptors (Lipinski definition) is 2. The van der Waals surface area contributed by atoms with Crippen molar-refractivity contribution in [3.8, 4) is 0 Å². The van der Waals surface area contributed by atoms with Crippen LogP contribution in [-0.4, -0.2) is 38.0 Å². The van der Waals surface area contributed by atoms with Gasteiger partial charge in [0.2, 0.25) is 5.91 Å². The molecule has 0 aromatic rings. The molecule has 5 heteroatoms. The van der Waals surface area contributed by atoms with Gasteiger partial charge in [0, 0.05) is 19.6 Å². The van der Waals surface area contributed by atoms with Gasteiger partial charge < -0.3 is 16.0 Å². The van der Waals surface area contributed by atoms with Gasteiger partial charge in [-0.1, -0.05) is 13.3 Å². The number of carbonyl (C=O) groups excluding carboxylic acids is 1. The number of guanidine groups is 1. The SMILES string of the molecule is CCCCNC(=NCC(C)(C)C(=O)NCC)NCC. The van der Waals surface area contributed by atoms with Crippen molar-refractivity contribution in [1.29, 1.82) is 0 Å². The van der Waals surface area contributed by atoms with Crippen molar-refractivity contribution in [3.63, 3.8) is 0 Å². The third kappa shape index (κ3) is 7.70. The fourth-order valence-electron chi connectivity index (χ4n) is 1.47. The fraction of sp³-hybridized carbons (Fsp3) is 0.857. The molecule has 0 atom stereocenters. The van der Waals surface area contributed by atoms with Gasteiger partial charge in [-0.15, -0.1) is 0 Å². The summed E-state index contributed by atoms with van der Waals surface area (Å²) in [5.41, 5.74) is -0.483. The number of unbranched alkanes of at least 4 members (excludes halogenated alkanes) is 1. The van der Waals surface area contributed by atoms with Crippen LogP contribution in [0.4, 0.5) is 0 Å². The van der Waals surface area contributed by atoms with Gasteiger partial charge in [0.25, 0.3) is 0 Å². The highest BCUT2D eigenvalue weighted by atomic mass is 16.2. The maximum atomic E-state index is 11.9. The lowest BCUT2D eigenvalue weighted by atomic mass is 9.92. The van der Waals surface area contributed by atoms with Crippen LogP contribution in [0.25, 0.3) is 0 Å². The zero-order chi connectivity index (χ0) is 14.7. The Morgan fingerprint density at radius 3 is 2.21 bits per heavy atom. The van der Waals surface area contributed by atoms with E-state index in [-0.39, 0.29) is 5.91 Å². The number of nitrogens with zero attached hydrogens (tertiary/aromatic N) is 1. The van der Waals surface area contributed by atoms with Crippen LogP contribution in [0.3, 0.4) is 0 Å². The maximum absolute atomic E-state index is 11.9. The summed E-state index contributed by atoms with van der Waals surface area (Å²) in [5.74, 6) is 0.830. The first-order valence-corrected chi connectivity index (χ1v) is 7.28. The summed E-state index contributed by atoms with van der Waals surface area (Å²) in [6, 6.07) is 0. The number of hydrogen-bond donors (Lipinski definition) is 3. The zero-order valence-corrected chi connectivity index (χ0v) is 13.1. The van der Waals surface area contributed by atoms with E-state index in [1.54, 1.807) is 0 Å². The number of aliphatic imine (C=N–C) groups is 1. The van der Waals surface area contributed by atoms with E-state index in [0.717, 1.165) is 31.9 Å². The molecule has 0 unspecified atom stereocenters. The third-order valence-electron chi connectivity index (χ3n) is 2.75. The van der Waals surface area contributed by atoms with Gasteiger partial charge in [-0.3, -0.25) is 9.79 Å². The summed E-state index contributed by atoms with van der Waals surface area (Å²) in [5, 5.41) is 9.31. The zero-order valence-electron chi connectivity index (χ0n) is 13.1. The summed E-state index contributed by atoms with van der Waals surface area (Å²) in [4.78, 5) is 16.4. The van der Waals surface area contributed by atoms with Crippen LogP contribution in [0.15, 0.2) is 4.99 Å². The third-order valence-corrected chi connectivity index (χ3v) is 2.75. The molecule has 3 N–H and O–H groups in total. The fourth-order valence-corrected chi connectivity index (χ4v) is 1.47. The first-order chi connectivity index (χ1) is 8.97. The maximum Gasteiger partial charge on any atom is 0.227 e. The molecule has 0 aliphatic carbocycles. The molecule has 0 bridgehead atoms. The average molecular weight is 270 g/mol. The second kappa shape index (κ2) is 9.64. The van der Waals surface area contributed by atoms with Gasteiger partial charge in [0.15, 0.2) is 5.96 Å². The Kier molecular flexibility index (Phi) is 9.00. The molecule has 5 nitrogen and oxygen atoms in total. The van der Waals surface area contributed by atoms with E-state index in [2.05, 4.69) is 27.9 Å². The Balaban J connectivity index is 4.44. The molecule has 0 fully saturated rings. The lowest BCUT2D eigenvalue weighted by Gasteiger charge is -2.22. The van der Waals surface area contributed by atoms with E-state index < -0.39 is 5.41 Å². The highest BCUT2D eigenvalue weighted by Crippen LogP contribution is 2.15. The van der Waals surface area contributed by atoms with Crippen LogP contribution in [0.2, 0.25) is 0 Å². The highest BCUT2D eigenvalue weighted by Gasteiger charge is 2.26. The van der Waals surface area contributed by atoms with Gasteiger partial charge in [-0.05, 0) is 34.1 Å². The quantitative estimate of drug-likeness (QED) is 0.356. The normalized spacial score (nSPS) is 12.2. The Morgan fingerprint density at radius 1 is 1.05 bits per heavy atom. The number of amides is 1. The van der Waals surface area contributed by atoms with Crippen molar-refractivity contribution in [2.24, 2.45) is 10.4 Å². The molecule has 0 spiro atoms. The minimum atomic E-state index is -0.483. The van der Waals surface area contributed by atoms with Crippen LogP contribution in [0.1, 0.15) is 47.5 Å². The molecule has 0 aromatic carbocycles. The molecule has 112 valence electrons. The van der Waals surface area contributed by atoms with Gasteiger partial charge in [0.1, 0.15) is 0 Å². The van der Waals surface area contributed by atoms with Gasteiger partial charge >= 0.3 is 0 Å². The van der Waals surface area contributed by atoms with Gasteiger partial charge in [-0.25, -0.2) is 0 Å². The predicted octanol–water partition coefficient (Wildman–Crippen LogP) is 1.50. The molecule has 0 radical (unpaired) electrons. The molecule has 0 saturated heterocycles. The van der Waals surface area contributed by atoms with Crippen LogP contribution in [0.5, 0.6) is 0 Å². The van der Waals surface area contributed by atoms with E-state index in [1.165, 1.54) is 0 Å². The molecule has 0 heterocycles. The Bertz CT molecular complexity index is 287. The Labute approximate surface area is 117 Å². The van der Waals surface area contributed by atoms with Crippen LogP contribution in [-0.2, 0) is 4.79 Å². The highest BCUT2D eigenvalue weighted by molar-refractivity contribution is 5.83. The van der Waals surface area contributed by atoms with Crippen LogP contribution in [0, 0.1) is 5.41 Å². The summed E-state index contributed by atoms with van der Waals surface area (Å²) in [7, 11) is 0. The number of nitrogens with one attached hydrogen (secondary N) is 3. The molecular weight excluding hydrogens is 240 g/mol. The molecule has 0 rings (SSSR count). The van der Waals surface area contributed by atoms with E-state index in [1.807, 2.05) is 27.7 Å². The first-order valence-electron chi connectivity index (χ1n) is 7.28.